The molecule has 0 spiro atoms. The Morgan fingerprint density at radius 2 is 1.88 bits per heavy atom. The number of para-hydroxylation sites is 1. The van der Waals surface area contributed by atoms with E-state index in [1.807, 2.05) is 30.3 Å². The fraction of sp³-hybridized carbons (Fsp3) is 0.375. The van der Waals surface area contributed by atoms with Crippen LogP contribution in [-0.4, -0.2) is 85.6 Å². The number of aliphatic hydroxyl groups is 1. The molecule has 0 bridgehead atoms. The summed E-state index contributed by atoms with van der Waals surface area (Å²) in [6.07, 6.45) is 7.08. The molecule has 2 aliphatic rings. The van der Waals surface area contributed by atoms with Crippen molar-refractivity contribution in [1.82, 2.24) is 29.8 Å². The van der Waals surface area contributed by atoms with Gasteiger partial charge in [0.2, 0.25) is 5.91 Å². The van der Waals surface area contributed by atoms with Gasteiger partial charge in [-0.2, -0.15) is 0 Å². The predicted octanol–water partition coefficient (Wildman–Crippen LogP) is 4.27. The number of halogens is 1. The number of rotatable bonds is 7. The number of nitrogens with zero attached hydrogens (tertiary/aromatic N) is 5. The number of carbonyl (C=O) groups is 2. The summed E-state index contributed by atoms with van der Waals surface area (Å²) in [6.45, 7) is 3.85. The van der Waals surface area contributed by atoms with Crippen molar-refractivity contribution in [3.8, 4) is 16.9 Å². The Morgan fingerprint density at radius 1 is 1.09 bits per heavy atom. The first-order valence-electron chi connectivity index (χ1n) is 14.6. The maximum Gasteiger partial charge on any atom is 0.270 e. The molecule has 6 rings (SSSR count). The lowest BCUT2D eigenvalue weighted by molar-refractivity contribution is -0.131. The molecule has 0 aliphatic carbocycles. The minimum Gasteiger partial charge on any atom is -0.496 e. The average Bonchev–Trinajstić information content (AvgIpc) is 3.71. The van der Waals surface area contributed by atoms with Crippen LogP contribution in [0.25, 0.3) is 27.6 Å². The number of aromatic amines is 1. The molecule has 2 aromatic heterocycles. The number of aryl methyl sites for hydroxylation is 1. The third kappa shape index (κ3) is 5.77. The Hall–Kier alpha value is -4.51. The van der Waals surface area contributed by atoms with Crippen LogP contribution >= 0.6 is 0 Å². The number of nitrogens with one attached hydrogen (secondary N) is 1. The molecule has 1 fully saturated rings. The molecule has 0 atom stereocenters. The lowest BCUT2D eigenvalue weighted by Gasteiger charge is -2.35. The number of benzene rings is 2. The van der Waals surface area contributed by atoms with Crippen molar-refractivity contribution in [2.45, 2.75) is 44.8 Å². The maximum absolute atomic E-state index is 16.4. The number of fused-ring (bicyclic) bond motifs is 1. The molecule has 11 heteroatoms. The highest BCUT2D eigenvalue weighted by atomic mass is 19.1. The summed E-state index contributed by atoms with van der Waals surface area (Å²) in [5.74, 6) is -0.130. The Morgan fingerprint density at radius 3 is 2.63 bits per heavy atom. The standard InChI is InChI=1S/C32H35FN6O4/c1-32(42)10-15-37(16-11-32)31(41)26-19-25-24(22-7-3-4-8-27(22)43-2)18-23(29(33)30(25)35-26)21-6-5-13-38(20-21)28(40)9-14-39-17-12-34-36-39/h3-4,6-8,12,17-19,35,42H,5,9-11,13-16,20H2,1-2H3. The number of ether oxygens (including phenoxy) is 1. The second-order valence-electron chi connectivity index (χ2n) is 11.5. The molecular weight excluding hydrogens is 551 g/mol. The molecule has 4 aromatic rings. The van der Waals surface area contributed by atoms with E-state index in [-0.39, 0.29) is 36.0 Å². The fourth-order valence-corrected chi connectivity index (χ4v) is 5.93. The van der Waals surface area contributed by atoms with Crippen LogP contribution in [0.15, 0.2) is 54.9 Å². The summed E-state index contributed by atoms with van der Waals surface area (Å²) in [4.78, 5) is 33.1. The van der Waals surface area contributed by atoms with Gasteiger partial charge in [-0.25, -0.2) is 4.39 Å². The van der Waals surface area contributed by atoms with Gasteiger partial charge in [0.25, 0.3) is 5.91 Å². The van der Waals surface area contributed by atoms with Crippen LogP contribution in [-0.2, 0) is 11.3 Å². The first kappa shape index (κ1) is 28.6. The molecule has 2 aliphatic heterocycles. The van der Waals surface area contributed by atoms with Crippen molar-refractivity contribution < 1.29 is 23.8 Å². The molecular formula is C32H35FN6O4. The Labute approximate surface area is 248 Å². The monoisotopic (exact) mass is 586 g/mol. The summed E-state index contributed by atoms with van der Waals surface area (Å²) >= 11 is 0. The van der Waals surface area contributed by atoms with E-state index in [4.69, 9.17) is 4.74 Å². The van der Waals surface area contributed by atoms with Crippen LogP contribution in [0.2, 0.25) is 0 Å². The van der Waals surface area contributed by atoms with Crippen LogP contribution in [0, 0.1) is 5.82 Å². The second-order valence-corrected chi connectivity index (χ2v) is 11.5. The highest BCUT2D eigenvalue weighted by molar-refractivity contribution is 6.05. The first-order valence-corrected chi connectivity index (χ1v) is 14.6. The quantitative estimate of drug-likeness (QED) is 0.334. The molecule has 1 saturated heterocycles. The molecule has 0 saturated carbocycles. The number of aromatic nitrogens is 4. The molecule has 224 valence electrons. The van der Waals surface area contributed by atoms with Gasteiger partial charge >= 0.3 is 0 Å². The normalized spacial score (nSPS) is 16.8. The predicted molar refractivity (Wildman–Crippen MR) is 160 cm³/mol. The zero-order chi connectivity index (χ0) is 30.1. The molecule has 0 radical (unpaired) electrons. The third-order valence-corrected chi connectivity index (χ3v) is 8.48. The Bertz CT molecular complexity index is 1680. The molecule has 0 unspecified atom stereocenters. The third-order valence-electron chi connectivity index (χ3n) is 8.48. The van der Waals surface area contributed by atoms with Gasteiger partial charge in [-0.15, -0.1) is 5.10 Å². The minimum atomic E-state index is -0.797. The number of H-pyrrole nitrogens is 1. The van der Waals surface area contributed by atoms with E-state index in [9.17, 15) is 14.7 Å². The van der Waals surface area contributed by atoms with Crippen LogP contribution in [0.4, 0.5) is 4.39 Å². The zero-order valence-electron chi connectivity index (χ0n) is 24.3. The highest BCUT2D eigenvalue weighted by Gasteiger charge is 2.31. The summed E-state index contributed by atoms with van der Waals surface area (Å²) < 4.78 is 23.7. The smallest absolute Gasteiger partial charge is 0.270 e. The van der Waals surface area contributed by atoms with E-state index in [0.29, 0.717) is 67.7 Å². The van der Waals surface area contributed by atoms with Crippen molar-refractivity contribution >= 4 is 28.3 Å². The lowest BCUT2D eigenvalue weighted by Crippen LogP contribution is -2.45. The van der Waals surface area contributed by atoms with E-state index < -0.39 is 11.4 Å². The van der Waals surface area contributed by atoms with Crippen LogP contribution in [0.3, 0.4) is 0 Å². The number of hydrogen-bond donors (Lipinski definition) is 2. The summed E-state index contributed by atoms with van der Waals surface area (Å²) in [7, 11) is 1.59. The number of methoxy groups -OCH3 is 1. The number of amides is 2. The topological polar surface area (TPSA) is 117 Å². The van der Waals surface area contributed by atoms with Gasteiger partial charge in [0.05, 0.1) is 31.0 Å². The van der Waals surface area contributed by atoms with E-state index >= 15 is 4.39 Å². The molecule has 10 nitrogen and oxygen atoms in total. The second kappa shape index (κ2) is 11.6. The van der Waals surface area contributed by atoms with Crippen molar-refractivity contribution in [3.63, 3.8) is 0 Å². The van der Waals surface area contributed by atoms with Crippen LogP contribution in [0.5, 0.6) is 5.75 Å². The number of hydrogen-bond acceptors (Lipinski definition) is 6. The summed E-state index contributed by atoms with van der Waals surface area (Å²) in [6, 6.07) is 11.0. The Balaban J connectivity index is 1.37. The Kier molecular flexibility index (Phi) is 7.74. The largest absolute Gasteiger partial charge is 0.496 e. The summed E-state index contributed by atoms with van der Waals surface area (Å²) in [5.41, 5.74) is 2.27. The van der Waals surface area contributed by atoms with E-state index in [1.165, 1.54) is 0 Å². The molecule has 4 heterocycles. The van der Waals surface area contributed by atoms with Crippen LogP contribution < -0.4 is 4.74 Å². The van der Waals surface area contributed by atoms with Gasteiger partial charge < -0.3 is 24.6 Å². The molecule has 2 N–H and O–H groups in total. The SMILES string of the molecule is COc1ccccc1-c1cc(C2=CCCN(C(=O)CCn3ccnn3)C2)c(F)c2[nH]c(C(=O)N3CCC(C)(O)CC3)cc12. The fourth-order valence-electron chi connectivity index (χ4n) is 5.93. The average molecular weight is 587 g/mol. The maximum atomic E-state index is 16.4. The van der Waals surface area contributed by atoms with Gasteiger partial charge in [-0.1, -0.05) is 29.5 Å². The van der Waals surface area contributed by atoms with Crippen molar-refractivity contribution in [3.05, 3.63) is 71.9 Å². The van der Waals surface area contributed by atoms with Crippen LogP contribution in [0.1, 0.15) is 48.7 Å². The molecule has 43 heavy (non-hydrogen) atoms. The van der Waals surface area contributed by atoms with Gasteiger partial charge in [0, 0.05) is 55.3 Å². The first-order chi connectivity index (χ1) is 20.7. The highest BCUT2D eigenvalue weighted by Crippen LogP contribution is 2.40. The summed E-state index contributed by atoms with van der Waals surface area (Å²) in [5, 5.41) is 18.6. The number of carbonyl (C=O) groups excluding carboxylic acids is 2. The molecule has 2 amide bonds. The molecule has 2 aromatic carbocycles. The van der Waals surface area contributed by atoms with Gasteiger partial charge in [-0.3, -0.25) is 14.3 Å². The van der Waals surface area contributed by atoms with E-state index in [0.717, 1.165) is 11.1 Å². The lowest BCUT2D eigenvalue weighted by atomic mass is 9.92. The van der Waals surface area contributed by atoms with Gasteiger partial charge in [0.1, 0.15) is 11.4 Å². The van der Waals surface area contributed by atoms with Crippen molar-refractivity contribution in [2.24, 2.45) is 0 Å². The zero-order valence-corrected chi connectivity index (χ0v) is 24.3. The van der Waals surface area contributed by atoms with Crippen molar-refractivity contribution in [2.75, 3.05) is 33.3 Å². The number of piperidine rings is 1. The van der Waals surface area contributed by atoms with Gasteiger partial charge in [-0.05, 0) is 55.5 Å². The number of likely N-dealkylation sites (tertiary alicyclic amines) is 1. The minimum absolute atomic E-state index is 0.0409. The van der Waals surface area contributed by atoms with E-state index in [1.54, 1.807) is 53.0 Å². The van der Waals surface area contributed by atoms with Gasteiger partial charge in [0.15, 0.2) is 5.82 Å². The van der Waals surface area contributed by atoms with Crippen molar-refractivity contribution in [1.29, 1.82) is 0 Å². The van der Waals surface area contributed by atoms with E-state index in [2.05, 4.69) is 15.3 Å².